The van der Waals surface area contributed by atoms with E-state index in [2.05, 4.69) is 72.8 Å². The number of benzene rings is 7. The number of carbonyl (C=O) groups is 1. The number of hydrogen-bond donors (Lipinski definition) is 1. The highest BCUT2D eigenvalue weighted by atomic mass is 16.3. The molecule has 10 rings (SSSR count). The van der Waals surface area contributed by atoms with E-state index in [1.165, 1.54) is 5.56 Å². The van der Waals surface area contributed by atoms with Crippen LogP contribution in [-0.2, 0) is 0 Å². The van der Waals surface area contributed by atoms with Crippen molar-refractivity contribution in [3.8, 4) is 89.9 Å². The Morgan fingerprint density at radius 2 is 0.881 bits per heavy atom. The summed E-state index contributed by atoms with van der Waals surface area (Å²) in [6.07, 6.45) is 1.92. The number of aliphatic hydroxyl groups is 1. The second-order valence-corrected chi connectivity index (χ2v) is 14.7. The first-order chi connectivity index (χ1) is 29.1. The highest BCUT2D eigenvalue weighted by Gasteiger charge is 2.31. The molecule has 2 heterocycles. The number of rotatable bonds is 8. The van der Waals surface area contributed by atoms with Crippen molar-refractivity contribution in [1.82, 2.24) is 19.9 Å². The lowest BCUT2D eigenvalue weighted by Crippen LogP contribution is -2.22. The summed E-state index contributed by atoms with van der Waals surface area (Å²) in [5.41, 5.74) is 13.8. The topological polar surface area (TPSA) is 88.9 Å². The summed E-state index contributed by atoms with van der Waals surface area (Å²) in [6.45, 7) is -0.240. The molecule has 0 amide bonds. The molecule has 6 heteroatoms. The van der Waals surface area contributed by atoms with Gasteiger partial charge in [-0.1, -0.05) is 158 Å². The molecule has 1 atom stereocenters. The van der Waals surface area contributed by atoms with Crippen LogP contribution in [-0.4, -0.2) is 37.4 Å². The quantitative estimate of drug-likeness (QED) is 0.166. The Hall–Kier alpha value is -7.67. The van der Waals surface area contributed by atoms with E-state index < -0.39 is 5.92 Å². The summed E-state index contributed by atoms with van der Waals surface area (Å²) in [4.78, 5) is 33.7. The number of hydrogen-bond acceptors (Lipinski definition) is 6. The Labute approximate surface area is 342 Å². The van der Waals surface area contributed by atoms with Crippen LogP contribution in [0.3, 0.4) is 0 Å². The van der Waals surface area contributed by atoms with Crippen LogP contribution in [0.2, 0.25) is 0 Å². The van der Waals surface area contributed by atoms with Crippen molar-refractivity contribution in [2.45, 2.75) is 5.92 Å². The van der Waals surface area contributed by atoms with E-state index in [1.807, 2.05) is 121 Å². The lowest BCUT2D eigenvalue weighted by atomic mass is 9.77. The van der Waals surface area contributed by atoms with E-state index in [0.29, 0.717) is 23.0 Å². The molecule has 0 saturated carbocycles. The maximum absolute atomic E-state index is 13.7. The first-order valence-electron chi connectivity index (χ1n) is 19.6. The molecule has 0 spiro atoms. The average molecular weight is 761 g/mol. The summed E-state index contributed by atoms with van der Waals surface area (Å²) in [5.74, 6) is 1.03. The number of pyridine rings is 1. The van der Waals surface area contributed by atoms with Gasteiger partial charge in [0.25, 0.3) is 0 Å². The lowest BCUT2D eigenvalue weighted by Gasteiger charge is -2.26. The van der Waals surface area contributed by atoms with Gasteiger partial charge in [0.15, 0.2) is 23.3 Å². The monoisotopic (exact) mass is 760 g/mol. The van der Waals surface area contributed by atoms with E-state index >= 15 is 0 Å². The van der Waals surface area contributed by atoms with Crippen molar-refractivity contribution in [3.63, 3.8) is 0 Å². The van der Waals surface area contributed by atoms with Gasteiger partial charge in [-0.25, -0.2) is 15.0 Å². The highest BCUT2D eigenvalue weighted by molar-refractivity contribution is 6.11. The first-order valence-corrected chi connectivity index (χ1v) is 19.6. The zero-order valence-corrected chi connectivity index (χ0v) is 31.9. The molecule has 2 aromatic heterocycles. The van der Waals surface area contributed by atoms with Gasteiger partial charge >= 0.3 is 0 Å². The smallest absolute Gasteiger partial charge is 0.173 e. The first kappa shape index (κ1) is 35.7. The van der Waals surface area contributed by atoms with Crippen LogP contribution in [0.1, 0.15) is 21.8 Å². The molecule has 1 aliphatic carbocycles. The molecule has 0 fully saturated rings. The van der Waals surface area contributed by atoms with Crippen molar-refractivity contribution in [3.05, 3.63) is 205 Å². The number of fused-ring (bicyclic) bond motifs is 3. The SMILES string of the molecule is O=C1c2ccc(-c3cc(-c4ccc(-c5ccc(-c6ccccc6)cc5)nc4)cc(-c4nc(-c5ccccc5)nc(-c5ccccc5)n4)c3)cc2-c2ccccc2C1CO. The third kappa shape index (κ3) is 6.92. The standard InChI is InChI=1S/C53H36N4O2/c58-33-48-45-19-11-10-18-44(45)47-31-39(24-26-46(47)50(48)59)41-28-42(40-25-27-49(54-32-40)36-22-20-35(21-23-36)34-12-4-1-5-13-34)30-43(29-41)53-56-51(37-14-6-2-7-15-37)55-52(57-53)38-16-8-3-9-17-38/h1-32,48,58H,33H2. The van der Waals surface area contributed by atoms with E-state index in [0.717, 1.165) is 72.5 Å². The zero-order valence-electron chi connectivity index (χ0n) is 31.9. The Morgan fingerprint density at radius 1 is 0.390 bits per heavy atom. The minimum atomic E-state index is -0.585. The third-order valence-electron chi connectivity index (χ3n) is 11.0. The molecule has 1 N–H and O–H groups in total. The van der Waals surface area contributed by atoms with Gasteiger partial charge in [0, 0.05) is 39.6 Å². The molecule has 0 radical (unpaired) electrons. The fourth-order valence-corrected chi connectivity index (χ4v) is 7.95. The van der Waals surface area contributed by atoms with Gasteiger partial charge in [-0.2, -0.15) is 0 Å². The van der Waals surface area contributed by atoms with Gasteiger partial charge < -0.3 is 5.11 Å². The molecule has 1 aliphatic rings. The Bertz CT molecular complexity index is 2910. The average Bonchev–Trinajstić information content (AvgIpc) is 3.32. The Balaban J connectivity index is 1.11. The van der Waals surface area contributed by atoms with Crippen molar-refractivity contribution in [1.29, 1.82) is 0 Å². The van der Waals surface area contributed by atoms with Crippen molar-refractivity contribution >= 4 is 5.78 Å². The van der Waals surface area contributed by atoms with Crippen LogP contribution in [0.4, 0.5) is 0 Å². The number of nitrogens with zero attached hydrogens (tertiary/aromatic N) is 4. The second kappa shape index (κ2) is 15.3. The van der Waals surface area contributed by atoms with Crippen LogP contribution in [0.15, 0.2) is 194 Å². The minimum Gasteiger partial charge on any atom is -0.395 e. The molecule has 7 aromatic carbocycles. The maximum atomic E-state index is 13.7. The van der Waals surface area contributed by atoms with E-state index in [9.17, 15) is 9.90 Å². The van der Waals surface area contributed by atoms with Gasteiger partial charge in [0.2, 0.25) is 0 Å². The molecular formula is C53H36N4O2. The number of aromatic nitrogens is 4. The van der Waals surface area contributed by atoms with Gasteiger partial charge in [-0.05, 0) is 74.8 Å². The van der Waals surface area contributed by atoms with Gasteiger partial charge in [-0.3, -0.25) is 9.78 Å². The van der Waals surface area contributed by atoms with Crippen LogP contribution in [0.25, 0.3) is 89.9 Å². The molecule has 0 bridgehead atoms. The highest BCUT2D eigenvalue weighted by Crippen LogP contribution is 2.42. The number of Topliss-reactive ketones (excluding diaryl/α,β-unsaturated/α-hetero) is 1. The summed E-state index contributed by atoms with van der Waals surface area (Å²) < 4.78 is 0. The fraction of sp³-hybridized carbons (Fsp3) is 0.0377. The van der Waals surface area contributed by atoms with Crippen molar-refractivity contribution < 1.29 is 9.90 Å². The van der Waals surface area contributed by atoms with Crippen molar-refractivity contribution in [2.75, 3.05) is 6.61 Å². The van der Waals surface area contributed by atoms with Crippen LogP contribution >= 0.6 is 0 Å². The third-order valence-corrected chi connectivity index (χ3v) is 11.0. The van der Waals surface area contributed by atoms with Gasteiger partial charge in [0.1, 0.15) is 0 Å². The molecule has 280 valence electrons. The normalized spacial score (nSPS) is 13.1. The number of ketones is 1. The number of aliphatic hydroxyl groups excluding tert-OH is 1. The van der Waals surface area contributed by atoms with Crippen LogP contribution < -0.4 is 0 Å². The maximum Gasteiger partial charge on any atom is 0.173 e. The molecular weight excluding hydrogens is 725 g/mol. The molecule has 59 heavy (non-hydrogen) atoms. The zero-order chi connectivity index (χ0) is 39.7. The number of carbonyl (C=O) groups excluding carboxylic acids is 1. The minimum absolute atomic E-state index is 0.0740. The van der Waals surface area contributed by atoms with Crippen molar-refractivity contribution in [2.24, 2.45) is 0 Å². The largest absolute Gasteiger partial charge is 0.395 e. The summed E-state index contributed by atoms with van der Waals surface area (Å²) in [7, 11) is 0. The predicted molar refractivity (Wildman–Crippen MR) is 235 cm³/mol. The predicted octanol–water partition coefficient (Wildman–Crippen LogP) is 11.9. The molecule has 0 saturated heterocycles. The van der Waals surface area contributed by atoms with E-state index in [4.69, 9.17) is 19.9 Å². The summed E-state index contributed by atoms with van der Waals surface area (Å²) in [6, 6.07) is 63.1. The van der Waals surface area contributed by atoms with E-state index in [1.54, 1.807) is 0 Å². The summed E-state index contributed by atoms with van der Waals surface area (Å²) in [5, 5.41) is 10.2. The molecule has 6 nitrogen and oxygen atoms in total. The Morgan fingerprint density at radius 3 is 1.49 bits per heavy atom. The second-order valence-electron chi connectivity index (χ2n) is 14.7. The van der Waals surface area contributed by atoms with Crippen LogP contribution in [0.5, 0.6) is 0 Å². The Kier molecular flexibility index (Phi) is 9.29. The van der Waals surface area contributed by atoms with Crippen LogP contribution in [0, 0.1) is 0 Å². The van der Waals surface area contributed by atoms with Gasteiger partial charge in [0.05, 0.1) is 18.2 Å². The fourth-order valence-electron chi connectivity index (χ4n) is 7.95. The lowest BCUT2D eigenvalue weighted by molar-refractivity contribution is 0.0920. The molecule has 1 unspecified atom stereocenters. The molecule has 0 aliphatic heterocycles. The molecule has 9 aromatic rings. The van der Waals surface area contributed by atoms with Gasteiger partial charge in [-0.15, -0.1) is 0 Å². The summed E-state index contributed by atoms with van der Waals surface area (Å²) >= 11 is 0. The van der Waals surface area contributed by atoms with E-state index in [-0.39, 0.29) is 12.4 Å².